The number of aliphatic hydroxyl groups is 1. The van der Waals surface area contributed by atoms with Gasteiger partial charge in [0.1, 0.15) is 0 Å². The molecule has 0 spiro atoms. The molecule has 2 unspecified atom stereocenters. The summed E-state index contributed by atoms with van der Waals surface area (Å²) in [5, 5.41) is 8.96. The fourth-order valence-corrected chi connectivity index (χ4v) is 2.00. The number of hydrogen-bond donors (Lipinski definition) is 2. The molecule has 1 saturated carbocycles. The zero-order chi connectivity index (χ0) is 10.8. The molecular formula is C9H16F3NO. The summed E-state index contributed by atoms with van der Waals surface area (Å²) >= 11 is 0. The average molecular weight is 211 g/mol. The predicted molar refractivity (Wildman–Crippen MR) is 46.6 cm³/mol. The van der Waals surface area contributed by atoms with E-state index in [-0.39, 0.29) is 5.92 Å². The predicted octanol–water partition coefficient (Wildman–Crippen LogP) is 1.82. The van der Waals surface area contributed by atoms with E-state index in [1.165, 1.54) is 0 Å². The second kappa shape index (κ2) is 4.49. The Hall–Kier alpha value is -0.290. The summed E-state index contributed by atoms with van der Waals surface area (Å²) in [5.41, 5.74) is 5.41. The fourth-order valence-electron chi connectivity index (χ4n) is 2.00. The molecule has 84 valence electrons. The molecule has 0 saturated heterocycles. The van der Waals surface area contributed by atoms with Gasteiger partial charge in [0, 0.05) is 6.04 Å². The molecule has 0 bridgehead atoms. The van der Waals surface area contributed by atoms with Crippen molar-refractivity contribution in [1.29, 1.82) is 0 Å². The molecule has 0 aliphatic heterocycles. The van der Waals surface area contributed by atoms with Gasteiger partial charge in [0.25, 0.3) is 0 Å². The number of alkyl halides is 3. The molecular weight excluding hydrogens is 195 g/mol. The van der Waals surface area contributed by atoms with E-state index in [0.717, 1.165) is 19.3 Å². The van der Waals surface area contributed by atoms with Crippen LogP contribution in [0, 0.1) is 5.92 Å². The van der Waals surface area contributed by atoms with Crippen molar-refractivity contribution in [1.82, 2.24) is 0 Å². The maximum atomic E-state index is 12.1. The van der Waals surface area contributed by atoms with Crippen LogP contribution in [0.15, 0.2) is 0 Å². The van der Waals surface area contributed by atoms with E-state index >= 15 is 0 Å². The standard InChI is InChI=1S/C9H16F3NO/c10-9(11,12)8(14)7(13)6-4-2-1-3-5-6/h6-8,14H,1-5,13H2. The van der Waals surface area contributed by atoms with Crippen molar-refractivity contribution in [2.24, 2.45) is 11.7 Å². The molecule has 2 nitrogen and oxygen atoms in total. The summed E-state index contributed by atoms with van der Waals surface area (Å²) in [4.78, 5) is 0. The first-order chi connectivity index (χ1) is 6.43. The van der Waals surface area contributed by atoms with Crippen LogP contribution in [0.4, 0.5) is 13.2 Å². The lowest BCUT2D eigenvalue weighted by molar-refractivity contribution is -0.213. The highest BCUT2D eigenvalue weighted by Gasteiger charge is 2.44. The van der Waals surface area contributed by atoms with Crippen LogP contribution in [0.5, 0.6) is 0 Å². The van der Waals surface area contributed by atoms with Gasteiger partial charge in [-0.2, -0.15) is 13.2 Å². The molecule has 3 N–H and O–H groups in total. The first kappa shape index (κ1) is 11.8. The maximum absolute atomic E-state index is 12.1. The summed E-state index contributed by atoms with van der Waals surface area (Å²) in [6.07, 6.45) is -2.65. The smallest absolute Gasteiger partial charge is 0.382 e. The van der Waals surface area contributed by atoms with Crippen LogP contribution >= 0.6 is 0 Å². The van der Waals surface area contributed by atoms with Crippen LogP contribution in [0.2, 0.25) is 0 Å². The van der Waals surface area contributed by atoms with Crippen molar-refractivity contribution in [3.05, 3.63) is 0 Å². The molecule has 1 rings (SSSR count). The molecule has 14 heavy (non-hydrogen) atoms. The third-order valence-electron chi connectivity index (χ3n) is 2.89. The Balaban J connectivity index is 2.50. The number of hydrogen-bond acceptors (Lipinski definition) is 2. The zero-order valence-corrected chi connectivity index (χ0v) is 7.93. The van der Waals surface area contributed by atoms with E-state index in [9.17, 15) is 13.2 Å². The van der Waals surface area contributed by atoms with Gasteiger partial charge in [-0.15, -0.1) is 0 Å². The van der Waals surface area contributed by atoms with Crippen molar-refractivity contribution in [2.75, 3.05) is 0 Å². The van der Waals surface area contributed by atoms with Crippen LogP contribution in [-0.2, 0) is 0 Å². The minimum atomic E-state index is -4.59. The average Bonchev–Trinajstić information content (AvgIpc) is 2.15. The van der Waals surface area contributed by atoms with Crippen LogP contribution in [-0.4, -0.2) is 23.4 Å². The molecule has 1 fully saturated rings. The molecule has 0 aromatic rings. The zero-order valence-electron chi connectivity index (χ0n) is 7.93. The molecule has 1 aliphatic rings. The van der Waals surface area contributed by atoms with Gasteiger partial charge in [-0.3, -0.25) is 0 Å². The van der Waals surface area contributed by atoms with E-state index in [1.807, 2.05) is 0 Å². The quantitative estimate of drug-likeness (QED) is 0.731. The molecule has 2 atom stereocenters. The monoisotopic (exact) mass is 211 g/mol. The van der Waals surface area contributed by atoms with E-state index < -0.39 is 18.3 Å². The van der Waals surface area contributed by atoms with E-state index in [2.05, 4.69) is 0 Å². The molecule has 0 amide bonds. The number of nitrogens with two attached hydrogens (primary N) is 1. The normalized spacial score (nSPS) is 24.6. The Morgan fingerprint density at radius 2 is 1.64 bits per heavy atom. The summed E-state index contributed by atoms with van der Waals surface area (Å²) in [5.74, 6) is -0.180. The van der Waals surface area contributed by atoms with Crippen molar-refractivity contribution in [3.8, 4) is 0 Å². The Morgan fingerprint density at radius 1 is 1.14 bits per heavy atom. The highest BCUT2D eigenvalue weighted by molar-refractivity contribution is 4.85. The van der Waals surface area contributed by atoms with E-state index in [1.54, 1.807) is 0 Å². The minimum absolute atomic E-state index is 0.180. The fraction of sp³-hybridized carbons (Fsp3) is 1.00. The third-order valence-corrected chi connectivity index (χ3v) is 2.89. The first-order valence-corrected chi connectivity index (χ1v) is 4.93. The maximum Gasteiger partial charge on any atom is 0.415 e. The van der Waals surface area contributed by atoms with Crippen LogP contribution < -0.4 is 5.73 Å². The first-order valence-electron chi connectivity index (χ1n) is 4.93. The lowest BCUT2D eigenvalue weighted by Crippen LogP contribution is -2.49. The molecule has 0 heterocycles. The lowest BCUT2D eigenvalue weighted by atomic mass is 9.82. The summed E-state index contributed by atoms with van der Waals surface area (Å²) in [6, 6.07) is -1.16. The Labute approximate surface area is 81.3 Å². The van der Waals surface area contributed by atoms with Gasteiger partial charge in [0.2, 0.25) is 0 Å². The van der Waals surface area contributed by atoms with Gasteiger partial charge in [-0.1, -0.05) is 19.3 Å². The Morgan fingerprint density at radius 3 is 2.07 bits per heavy atom. The Bertz CT molecular complexity index is 177. The van der Waals surface area contributed by atoms with Gasteiger partial charge in [0.05, 0.1) is 0 Å². The van der Waals surface area contributed by atoms with E-state index in [4.69, 9.17) is 10.8 Å². The minimum Gasteiger partial charge on any atom is -0.382 e. The van der Waals surface area contributed by atoms with Gasteiger partial charge in [-0.25, -0.2) is 0 Å². The van der Waals surface area contributed by atoms with Gasteiger partial charge >= 0.3 is 6.18 Å². The van der Waals surface area contributed by atoms with Crippen LogP contribution in [0.3, 0.4) is 0 Å². The summed E-state index contributed by atoms with van der Waals surface area (Å²) in [7, 11) is 0. The highest BCUT2D eigenvalue weighted by atomic mass is 19.4. The van der Waals surface area contributed by atoms with Gasteiger partial charge in [-0.05, 0) is 18.8 Å². The second-order valence-corrected chi connectivity index (χ2v) is 3.96. The number of aliphatic hydroxyl groups excluding tert-OH is 1. The van der Waals surface area contributed by atoms with Crippen LogP contribution in [0.1, 0.15) is 32.1 Å². The summed E-state index contributed by atoms with van der Waals surface area (Å²) in [6.45, 7) is 0. The van der Waals surface area contributed by atoms with Crippen molar-refractivity contribution >= 4 is 0 Å². The molecule has 0 aromatic carbocycles. The van der Waals surface area contributed by atoms with Gasteiger partial charge in [0.15, 0.2) is 6.10 Å². The highest BCUT2D eigenvalue weighted by Crippen LogP contribution is 2.31. The second-order valence-electron chi connectivity index (χ2n) is 3.96. The molecule has 0 aromatic heterocycles. The van der Waals surface area contributed by atoms with Crippen molar-refractivity contribution < 1.29 is 18.3 Å². The van der Waals surface area contributed by atoms with Gasteiger partial charge < -0.3 is 10.8 Å². The van der Waals surface area contributed by atoms with Crippen molar-refractivity contribution in [3.63, 3.8) is 0 Å². The van der Waals surface area contributed by atoms with Crippen LogP contribution in [0.25, 0.3) is 0 Å². The van der Waals surface area contributed by atoms with E-state index in [0.29, 0.717) is 12.8 Å². The topological polar surface area (TPSA) is 46.2 Å². The third kappa shape index (κ3) is 2.85. The molecule has 0 radical (unpaired) electrons. The number of rotatable bonds is 2. The number of halogens is 3. The molecule has 5 heteroatoms. The largest absolute Gasteiger partial charge is 0.415 e. The lowest BCUT2D eigenvalue weighted by Gasteiger charge is -2.31. The summed E-state index contributed by atoms with van der Waals surface area (Å²) < 4.78 is 36.4. The van der Waals surface area contributed by atoms with Crippen molar-refractivity contribution in [2.45, 2.75) is 50.4 Å². The SMILES string of the molecule is NC(C1CCCCC1)C(O)C(F)(F)F. The molecule has 1 aliphatic carbocycles. The Kier molecular flexibility index (Phi) is 3.78.